The Morgan fingerprint density at radius 3 is 2.55 bits per heavy atom. The highest BCUT2D eigenvalue weighted by molar-refractivity contribution is 9.10. The van der Waals surface area contributed by atoms with Crippen molar-refractivity contribution in [2.24, 2.45) is 0 Å². The van der Waals surface area contributed by atoms with Crippen molar-refractivity contribution in [3.63, 3.8) is 0 Å². The van der Waals surface area contributed by atoms with Crippen LogP contribution in [0.3, 0.4) is 0 Å². The zero-order chi connectivity index (χ0) is 24.0. The summed E-state index contributed by atoms with van der Waals surface area (Å²) in [7, 11) is 0. The lowest BCUT2D eigenvalue weighted by Gasteiger charge is -2.29. The van der Waals surface area contributed by atoms with E-state index in [1.54, 1.807) is 11.8 Å². The molecule has 0 saturated heterocycles. The minimum absolute atomic E-state index is 0.0423. The van der Waals surface area contributed by atoms with Crippen molar-refractivity contribution >= 4 is 38.5 Å². The topological polar surface area (TPSA) is 58.6 Å². The molecular weight excluding hydrogens is 480 g/mol. The first kappa shape index (κ1) is 24.8. The number of benzene rings is 3. The lowest BCUT2D eigenvalue weighted by Crippen LogP contribution is -2.50. The molecule has 0 spiro atoms. The molecule has 0 radical (unpaired) electrons. The van der Waals surface area contributed by atoms with Gasteiger partial charge in [0.15, 0.2) is 6.61 Å². The fourth-order valence-electron chi connectivity index (χ4n) is 3.60. The molecule has 2 atom stereocenters. The van der Waals surface area contributed by atoms with Crippen molar-refractivity contribution in [3.05, 3.63) is 76.3 Å². The number of carbonyl (C=O) groups excluding carboxylic acids is 2. The van der Waals surface area contributed by atoms with E-state index >= 15 is 0 Å². The van der Waals surface area contributed by atoms with Crippen LogP contribution in [-0.4, -0.2) is 35.4 Å². The highest BCUT2D eigenvalue weighted by Gasteiger charge is 2.27. The number of carbonyl (C=O) groups is 2. The van der Waals surface area contributed by atoms with Gasteiger partial charge in [-0.2, -0.15) is 0 Å². The molecule has 3 aromatic carbocycles. The van der Waals surface area contributed by atoms with Crippen LogP contribution in [-0.2, 0) is 16.1 Å². The van der Waals surface area contributed by atoms with Crippen molar-refractivity contribution in [2.75, 3.05) is 6.61 Å². The molecule has 174 valence electrons. The summed E-state index contributed by atoms with van der Waals surface area (Å²) in [5.41, 5.74) is 2.08. The van der Waals surface area contributed by atoms with Crippen LogP contribution in [0.1, 0.15) is 38.3 Å². The summed E-state index contributed by atoms with van der Waals surface area (Å²) in [5, 5.41) is 5.08. The van der Waals surface area contributed by atoms with E-state index in [0.717, 1.165) is 32.8 Å². The largest absolute Gasteiger partial charge is 0.483 e. The molecule has 33 heavy (non-hydrogen) atoms. The SMILES string of the molecule is CC[C@@H](C)NC(=O)[C@H](C)N(Cc1cccc(C)c1)C(=O)COc1ccc2ccccc2c1Br. The highest BCUT2D eigenvalue weighted by Crippen LogP contribution is 2.33. The third-order valence-electron chi connectivity index (χ3n) is 5.78. The summed E-state index contributed by atoms with van der Waals surface area (Å²) in [6, 6.07) is 19.2. The molecule has 0 aliphatic heterocycles. The Morgan fingerprint density at radius 2 is 1.82 bits per heavy atom. The highest BCUT2D eigenvalue weighted by atomic mass is 79.9. The summed E-state index contributed by atoms with van der Waals surface area (Å²) >= 11 is 3.60. The van der Waals surface area contributed by atoms with Crippen LogP contribution in [0.5, 0.6) is 5.75 Å². The number of aryl methyl sites for hydroxylation is 1. The minimum atomic E-state index is -0.629. The van der Waals surface area contributed by atoms with Gasteiger partial charge in [-0.3, -0.25) is 9.59 Å². The lowest BCUT2D eigenvalue weighted by atomic mass is 10.1. The van der Waals surface area contributed by atoms with Crippen LogP contribution in [0.25, 0.3) is 10.8 Å². The quantitative estimate of drug-likeness (QED) is 0.406. The van der Waals surface area contributed by atoms with E-state index in [0.29, 0.717) is 12.3 Å². The molecule has 0 aliphatic rings. The van der Waals surface area contributed by atoms with Crippen LogP contribution in [0.4, 0.5) is 0 Å². The van der Waals surface area contributed by atoms with Crippen molar-refractivity contribution in [3.8, 4) is 5.75 Å². The number of fused-ring (bicyclic) bond motifs is 1. The maximum Gasteiger partial charge on any atom is 0.261 e. The van der Waals surface area contributed by atoms with Gasteiger partial charge in [0.2, 0.25) is 5.91 Å². The van der Waals surface area contributed by atoms with Gasteiger partial charge < -0.3 is 15.0 Å². The van der Waals surface area contributed by atoms with Gasteiger partial charge in [0.25, 0.3) is 5.91 Å². The number of amides is 2. The van der Waals surface area contributed by atoms with Crippen LogP contribution >= 0.6 is 15.9 Å². The van der Waals surface area contributed by atoms with Gasteiger partial charge in [-0.25, -0.2) is 0 Å². The molecule has 0 aliphatic carbocycles. The zero-order valence-corrected chi connectivity index (χ0v) is 21.2. The van der Waals surface area contributed by atoms with E-state index in [2.05, 4.69) is 21.2 Å². The third kappa shape index (κ3) is 6.35. The number of ether oxygens (including phenoxy) is 1. The molecule has 1 N–H and O–H groups in total. The molecule has 2 amide bonds. The average molecular weight is 511 g/mol. The van der Waals surface area contributed by atoms with E-state index in [9.17, 15) is 9.59 Å². The van der Waals surface area contributed by atoms with E-state index in [4.69, 9.17) is 4.74 Å². The first-order valence-corrected chi connectivity index (χ1v) is 12.0. The minimum Gasteiger partial charge on any atom is -0.483 e. The molecule has 0 bridgehead atoms. The third-order valence-corrected chi connectivity index (χ3v) is 6.60. The summed E-state index contributed by atoms with van der Waals surface area (Å²) in [6.07, 6.45) is 0.823. The van der Waals surface area contributed by atoms with E-state index in [1.165, 1.54) is 0 Å². The number of nitrogens with one attached hydrogen (secondary N) is 1. The first-order chi connectivity index (χ1) is 15.8. The second kappa shape index (κ2) is 11.3. The smallest absolute Gasteiger partial charge is 0.261 e. The van der Waals surface area contributed by atoms with Crippen molar-refractivity contribution in [2.45, 2.75) is 52.7 Å². The van der Waals surface area contributed by atoms with Crippen LogP contribution in [0.15, 0.2) is 65.1 Å². The molecule has 3 aromatic rings. The summed E-state index contributed by atoms with van der Waals surface area (Å²) in [4.78, 5) is 27.7. The number of hydrogen-bond acceptors (Lipinski definition) is 3. The predicted octanol–water partition coefficient (Wildman–Crippen LogP) is 5.62. The molecule has 0 aromatic heterocycles. The molecule has 0 heterocycles. The summed E-state index contributed by atoms with van der Waals surface area (Å²) < 4.78 is 6.72. The molecule has 0 fully saturated rings. The molecule has 6 heteroatoms. The van der Waals surface area contributed by atoms with Crippen LogP contribution in [0, 0.1) is 6.92 Å². The molecular formula is C27H31BrN2O3. The predicted molar refractivity (Wildman–Crippen MR) is 136 cm³/mol. The molecule has 3 rings (SSSR count). The molecule has 0 unspecified atom stereocenters. The Morgan fingerprint density at radius 1 is 1.06 bits per heavy atom. The standard InChI is InChI=1S/C27H31BrN2O3/c1-5-19(3)29-27(32)20(4)30(16-21-10-8-9-18(2)15-21)25(31)17-33-24-14-13-22-11-6-7-12-23(22)26(24)28/h6-15,19-20H,5,16-17H2,1-4H3,(H,29,32)/t19-,20+/m1/s1. The first-order valence-electron chi connectivity index (χ1n) is 11.3. The number of hydrogen-bond donors (Lipinski definition) is 1. The Balaban J connectivity index is 1.79. The van der Waals surface area contributed by atoms with Gasteiger partial charge in [-0.1, -0.05) is 67.1 Å². The maximum absolute atomic E-state index is 13.3. The average Bonchev–Trinajstić information content (AvgIpc) is 2.81. The van der Waals surface area contributed by atoms with Crippen LogP contribution in [0.2, 0.25) is 0 Å². The summed E-state index contributed by atoms with van der Waals surface area (Å²) in [6.45, 7) is 7.91. The molecule has 5 nitrogen and oxygen atoms in total. The van der Waals surface area contributed by atoms with Gasteiger partial charge in [-0.05, 0) is 65.5 Å². The van der Waals surface area contributed by atoms with E-state index in [1.807, 2.05) is 81.4 Å². The second-order valence-electron chi connectivity index (χ2n) is 8.39. The Bertz CT molecular complexity index is 1130. The molecule has 0 saturated carbocycles. The summed E-state index contributed by atoms with van der Waals surface area (Å²) in [5.74, 6) is 0.176. The zero-order valence-electron chi connectivity index (χ0n) is 19.6. The van der Waals surface area contributed by atoms with Crippen molar-refractivity contribution < 1.29 is 14.3 Å². The fraction of sp³-hybridized carbons (Fsp3) is 0.333. The number of nitrogens with zero attached hydrogens (tertiary/aromatic N) is 1. The van der Waals surface area contributed by atoms with Crippen molar-refractivity contribution in [1.82, 2.24) is 10.2 Å². The van der Waals surface area contributed by atoms with E-state index < -0.39 is 6.04 Å². The number of rotatable bonds is 9. The Hall–Kier alpha value is -2.86. The number of halogens is 1. The van der Waals surface area contributed by atoms with Crippen LogP contribution < -0.4 is 10.1 Å². The monoisotopic (exact) mass is 510 g/mol. The van der Waals surface area contributed by atoms with Gasteiger partial charge in [0.05, 0.1) is 4.47 Å². The van der Waals surface area contributed by atoms with Gasteiger partial charge in [0.1, 0.15) is 11.8 Å². The van der Waals surface area contributed by atoms with Gasteiger partial charge in [-0.15, -0.1) is 0 Å². The Kier molecular flexibility index (Phi) is 8.50. The van der Waals surface area contributed by atoms with E-state index in [-0.39, 0.29) is 24.5 Å². The second-order valence-corrected chi connectivity index (χ2v) is 9.19. The lowest BCUT2D eigenvalue weighted by molar-refractivity contribution is -0.142. The maximum atomic E-state index is 13.3. The van der Waals surface area contributed by atoms with Gasteiger partial charge in [0, 0.05) is 12.6 Å². The van der Waals surface area contributed by atoms with Crippen molar-refractivity contribution in [1.29, 1.82) is 0 Å². The van der Waals surface area contributed by atoms with Gasteiger partial charge >= 0.3 is 0 Å². The normalized spacial score (nSPS) is 12.8. The Labute approximate surface area is 204 Å². The fourth-order valence-corrected chi connectivity index (χ4v) is 4.21.